The number of benzene rings is 6. The Balaban J connectivity index is 1.15. The highest BCUT2D eigenvalue weighted by Crippen LogP contribution is 2.42. The van der Waals surface area contributed by atoms with E-state index in [-0.39, 0.29) is 0 Å². The summed E-state index contributed by atoms with van der Waals surface area (Å²) >= 11 is 0. The molecule has 0 aliphatic carbocycles. The van der Waals surface area contributed by atoms with E-state index in [4.69, 9.17) is 9.40 Å². The van der Waals surface area contributed by atoms with Crippen molar-refractivity contribution in [2.45, 2.75) is 0 Å². The van der Waals surface area contributed by atoms with Crippen molar-refractivity contribution in [2.24, 2.45) is 0 Å². The minimum absolute atomic E-state index is 0.883. The van der Waals surface area contributed by atoms with Crippen molar-refractivity contribution in [2.75, 3.05) is 0 Å². The molecule has 0 atom stereocenters. The summed E-state index contributed by atoms with van der Waals surface area (Å²) < 4.78 is 11.1. The van der Waals surface area contributed by atoms with E-state index < -0.39 is 0 Å². The smallest absolute Gasteiger partial charge is 0.137 e. The molecule has 0 unspecified atom stereocenters. The molecule has 6 aromatic carbocycles. The van der Waals surface area contributed by atoms with Crippen molar-refractivity contribution in [1.82, 2.24) is 14.0 Å². The van der Waals surface area contributed by atoms with E-state index in [1.807, 2.05) is 12.1 Å². The van der Waals surface area contributed by atoms with E-state index in [2.05, 4.69) is 161 Å². The lowest BCUT2D eigenvalue weighted by Crippen LogP contribution is -1.92. The number of para-hydroxylation sites is 2. The summed E-state index contributed by atoms with van der Waals surface area (Å²) in [6.07, 6.45) is 2.08. The Kier molecular flexibility index (Phi) is 5.54. The van der Waals surface area contributed by atoms with E-state index >= 15 is 0 Å². The molecule has 0 aliphatic heterocycles. The monoisotopic (exact) mass is 601 g/mol. The number of imidazole rings is 1. The fourth-order valence-electron chi connectivity index (χ4n) is 7.26. The Morgan fingerprint density at radius 3 is 2.09 bits per heavy atom. The predicted molar refractivity (Wildman–Crippen MR) is 193 cm³/mol. The van der Waals surface area contributed by atoms with Crippen LogP contribution in [0.1, 0.15) is 0 Å². The van der Waals surface area contributed by atoms with Gasteiger partial charge in [0.2, 0.25) is 0 Å². The SMILES string of the molecule is c1ccc(-c2c(-c3ccc(-c4cccc5oc6cc7c(cc6c45)c4ccccc4n7-c4ccccc4)cc3)nc3ccccn23)cc1. The van der Waals surface area contributed by atoms with Crippen LogP contribution in [0.15, 0.2) is 168 Å². The maximum atomic E-state index is 6.57. The average molecular weight is 602 g/mol. The van der Waals surface area contributed by atoms with Gasteiger partial charge in [-0.25, -0.2) is 4.98 Å². The van der Waals surface area contributed by atoms with Crippen molar-refractivity contribution in [3.05, 3.63) is 164 Å². The zero-order chi connectivity index (χ0) is 30.9. The zero-order valence-electron chi connectivity index (χ0n) is 25.3. The average Bonchev–Trinajstić information content (AvgIpc) is 3.81. The van der Waals surface area contributed by atoms with Gasteiger partial charge < -0.3 is 8.98 Å². The fourth-order valence-corrected chi connectivity index (χ4v) is 7.26. The molecule has 0 aliphatic rings. The van der Waals surface area contributed by atoms with Crippen LogP contribution in [0.5, 0.6) is 0 Å². The van der Waals surface area contributed by atoms with Crippen molar-refractivity contribution < 1.29 is 4.42 Å². The van der Waals surface area contributed by atoms with Crippen LogP contribution in [0, 0.1) is 0 Å². The number of hydrogen-bond donors (Lipinski definition) is 0. The molecule has 0 bridgehead atoms. The van der Waals surface area contributed by atoms with Gasteiger partial charge in [-0.05, 0) is 53.6 Å². The van der Waals surface area contributed by atoms with Gasteiger partial charge in [-0.3, -0.25) is 4.40 Å². The van der Waals surface area contributed by atoms with Crippen LogP contribution in [0.4, 0.5) is 0 Å². The van der Waals surface area contributed by atoms with Crippen molar-refractivity contribution >= 4 is 49.4 Å². The van der Waals surface area contributed by atoms with E-state index in [1.165, 1.54) is 16.3 Å². The molecule has 4 nitrogen and oxygen atoms in total. The quantitative estimate of drug-likeness (QED) is 0.201. The molecule has 4 heterocycles. The minimum Gasteiger partial charge on any atom is -0.456 e. The second-order valence-corrected chi connectivity index (χ2v) is 12.0. The standard InChI is InChI=1S/C43H27N3O/c1-3-12-30(13-4-1)43-42(44-40-20-9-10-25-45(40)43)29-23-21-28(22-24-29)32-17-11-19-38-41(32)35-26-34-33-16-7-8-18-36(33)46(31-14-5-2-6-15-31)37(34)27-39(35)47-38/h1-27H. The summed E-state index contributed by atoms with van der Waals surface area (Å²) in [7, 11) is 0. The topological polar surface area (TPSA) is 35.4 Å². The van der Waals surface area contributed by atoms with Gasteiger partial charge in [0, 0.05) is 50.6 Å². The highest BCUT2D eigenvalue weighted by molar-refractivity contribution is 6.20. The first-order valence-corrected chi connectivity index (χ1v) is 15.9. The van der Waals surface area contributed by atoms with Crippen molar-refractivity contribution in [3.63, 3.8) is 0 Å². The van der Waals surface area contributed by atoms with Gasteiger partial charge in [0.05, 0.1) is 22.4 Å². The van der Waals surface area contributed by atoms with Gasteiger partial charge in [0.1, 0.15) is 16.8 Å². The molecule has 10 rings (SSSR count). The highest BCUT2D eigenvalue weighted by atomic mass is 16.3. The van der Waals surface area contributed by atoms with Gasteiger partial charge in [0.15, 0.2) is 0 Å². The first-order valence-electron chi connectivity index (χ1n) is 15.9. The Morgan fingerprint density at radius 2 is 1.23 bits per heavy atom. The van der Waals surface area contributed by atoms with E-state index in [1.54, 1.807) is 0 Å². The number of nitrogens with zero attached hydrogens (tertiary/aromatic N) is 3. The Bertz CT molecular complexity index is 2770. The summed E-state index contributed by atoms with van der Waals surface area (Å²) in [6.45, 7) is 0. The molecule has 47 heavy (non-hydrogen) atoms. The van der Waals surface area contributed by atoms with E-state index in [0.29, 0.717) is 0 Å². The predicted octanol–water partition coefficient (Wildman–Crippen LogP) is 11.3. The van der Waals surface area contributed by atoms with Crippen LogP contribution in [0.2, 0.25) is 0 Å². The third-order valence-electron chi connectivity index (χ3n) is 9.35. The lowest BCUT2D eigenvalue weighted by molar-refractivity contribution is 0.669. The summed E-state index contributed by atoms with van der Waals surface area (Å²) in [6, 6.07) is 55.5. The van der Waals surface area contributed by atoms with Crippen LogP contribution in [0.3, 0.4) is 0 Å². The van der Waals surface area contributed by atoms with Crippen molar-refractivity contribution in [3.8, 4) is 39.3 Å². The third-order valence-corrected chi connectivity index (χ3v) is 9.35. The third kappa shape index (κ3) is 3.92. The van der Waals surface area contributed by atoms with E-state index in [9.17, 15) is 0 Å². The van der Waals surface area contributed by atoms with Crippen LogP contribution in [-0.2, 0) is 0 Å². The van der Waals surface area contributed by atoms with Gasteiger partial charge in [-0.15, -0.1) is 0 Å². The zero-order valence-corrected chi connectivity index (χ0v) is 25.3. The Morgan fingerprint density at radius 1 is 0.489 bits per heavy atom. The number of hydrogen-bond acceptors (Lipinski definition) is 2. The van der Waals surface area contributed by atoms with E-state index in [0.717, 1.165) is 72.4 Å². The Hall–Kier alpha value is -6.39. The maximum absolute atomic E-state index is 6.57. The maximum Gasteiger partial charge on any atom is 0.137 e. The number of pyridine rings is 1. The van der Waals surface area contributed by atoms with Crippen LogP contribution < -0.4 is 0 Å². The molecule has 0 N–H and O–H groups in total. The fraction of sp³-hybridized carbons (Fsp3) is 0. The van der Waals surface area contributed by atoms with Crippen molar-refractivity contribution in [1.29, 1.82) is 0 Å². The first kappa shape index (κ1) is 25.9. The number of furan rings is 1. The molecule has 4 heteroatoms. The minimum atomic E-state index is 0.883. The molecule has 0 amide bonds. The molecule has 0 saturated heterocycles. The molecule has 4 aromatic heterocycles. The highest BCUT2D eigenvalue weighted by Gasteiger charge is 2.19. The molecule has 220 valence electrons. The second-order valence-electron chi connectivity index (χ2n) is 12.0. The molecular formula is C43H27N3O. The molecule has 10 aromatic rings. The molecule has 0 spiro atoms. The first-order chi connectivity index (χ1) is 23.3. The molecule has 0 fully saturated rings. The molecule has 0 radical (unpaired) electrons. The summed E-state index contributed by atoms with van der Waals surface area (Å²) in [4.78, 5) is 5.07. The van der Waals surface area contributed by atoms with Gasteiger partial charge in [0.25, 0.3) is 0 Å². The second kappa shape index (κ2) is 10.1. The Labute approximate surface area is 270 Å². The molecular weight excluding hydrogens is 574 g/mol. The normalized spacial score (nSPS) is 11.8. The van der Waals surface area contributed by atoms with Crippen LogP contribution >= 0.6 is 0 Å². The molecule has 0 saturated carbocycles. The largest absolute Gasteiger partial charge is 0.456 e. The summed E-state index contributed by atoms with van der Waals surface area (Å²) in [5, 5.41) is 4.69. The van der Waals surface area contributed by atoms with Crippen LogP contribution in [-0.4, -0.2) is 14.0 Å². The van der Waals surface area contributed by atoms with Gasteiger partial charge >= 0.3 is 0 Å². The summed E-state index contributed by atoms with van der Waals surface area (Å²) in [5.41, 5.74) is 12.7. The van der Waals surface area contributed by atoms with Gasteiger partial charge in [-0.1, -0.05) is 109 Å². The van der Waals surface area contributed by atoms with Gasteiger partial charge in [-0.2, -0.15) is 0 Å². The lowest BCUT2D eigenvalue weighted by Gasteiger charge is -2.08. The number of rotatable bonds is 4. The lowest BCUT2D eigenvalue weighted by atomic mass is 9.96. The number of fused-ring (bicyclic) bond motifs is 7. The number of aromatic nitrogens is 3. The summed E-state index contributed by atoms with van der Waals surface area (Å²) in [5.74, 6) is 0. The van der Waals surface area contributed by atoms with Crippen LogP contribution in [0.25, 0.3) is 88.7 Å².